The van der Waals surface area contributed by atoms with Crippen molar-refractivity contribution in [3.05, 3.63) is 22.8 Å². The van der Waals surface area contributed by atoms with Crippen LogP contribution >= 0.6 is 11.8 Å². The maximum Gasteiger partial charge on any atom is 0.138 e. The van der Waals surface area contributed by atoms with Crippen molar-refractivity contribution in [3.8, 4) is 0 Å². The molecule has 1 aromatic heterocycles. The van der Waals surface area contributed by atoms with E-state index in [1.165, 1.54) is 35.5 Å². The zero-order chi connectivity index (χ0) is 14.4. The number of hydrogen-bond acceptors (Lipinski definition) is 4. The minimum atomic E-state index is 0.755. The molecule has 0 spiro atoms. The summed E-state index contributed by atoms with van der Waals surface area (Å²) in [6.07, 6.45) is 4.76. The molecule has 3 nitrogen and oxygen atoms in total. The van der Waals surface area contributed by atoms with E-state index in [0.29, 0.717) is 0 Å². The molecule has 0 fully saturated rings. The van der Waals surface area contributed by atoms with Gasteiger partial charge in [0.1, 0.15) is 5.82 Å². The van der Waals surface area contributed by atoms with Crippen molar-refractivity contribution in [2.45, 2.75) is 52.2 Å². The number of nitrogens with one attached hydrogen (secondary N) is 1. The Labute approximate surface area is 127 Å². The molecule has 0 amide bonds. The molecular formula is C16H27N3S. The van der Waals surface area contributed by atoms with Crippen molar-refractivity contribution in [1.29, 1.82) is 0 Å². The Morgan fingerprint density at radius 2 is 2.15 bits per heavy atom. The van der Waals surface area contributed by atoms with Crippen LogP contribution in [0.2, 0.25) is 0 Å². The Morgan fingerprint density at radius 3 is 2.90 bits per heavy atom. The van der Waals surface area contributed by atoms with E-state index in [0.717, 1.165) is 43.4 Å². The van der Waals surface area contributed by atoms with Gasteiger partial charge < -0.3 is 5.32 Å². The van der Waals surface area contributed by atoms with E-state index in [9.17, 15) is 0 Å². The van der Waals surface area contributed by atoms with Crippen molar-refractivity contribution < 1.29 is 0 Å². The van der Waals surface area contributed by atoms with E-state index in [4.69, 9.17) is 9.97 Å². The predicted molar refractivity (Wildman–Crippen MR) is 87.3 cm³/mol. The van der Waals surface area contributed by atoms with Crippen molar-refractivity contribution in [2.75, 3.05) is 18.8 Å². The molecule has 0 saturated heterocycles. The summed E-state index contributed by atoms with van der Waals surface area (Å²) in [5, 5.41) is 3.47. The monoisotopic (exact) mass is 293 g/mol. The molecular weight excluding hydrogens is 266 g/mol. The molecule has 4 heteroatoms. The molecule has 1 aliphatic rings. The quantitative estimate of drug-likeness (QED) is 0.784. The third-order valence-corrected chi connectivity index (χ3v) is 5.05. The summed E-state index contributed by atoms with van der Waals surface area (Å²) in [6, 6.07) is 0. The van der Waals surface area contributed by atoms with Crippen LogP contribution in [0.5, 0.6) is 0 Å². The van der Waals surface area contributed by atoms with Crippen LogP contribution in [0.3, 0.4) is 0 Å². The van der Waals surface area contributed by atoms with Crippen LogP contribution in [-0.4, -0.2) is 28.8 Å². The summed E-state index contributed by atoms with van der Waals surface area (Å²) in [4.78, 5) is 9.53. The fourth-order valence-corrected chi connectivity index (χ4v) is 3.56. The molecule has 112 valence electrons. The second kappa shape index (κ2) is 7.99. The van der Waals surface area contributed by atoms with Gasteiger partial charge in [0.15, 0.2) is 0 Å². The lowest BCUT2D eigenvalue weighted by Crippen LogP contribution is -2.28. The van der Waals surface area contributed by atoms with Crippen LogP contribution in [-0.2, 0) is 18.6 Å². The number of aryl methyl sites for hydroxylation is 2. The van der Waals surface area contributed by atoms with Crippen molar-refractivity contribution in [1.82, 2.24) is 15.3 Å². The molecule has 1 N–H and O–H groups in total. The molecule has 20 heavy (non-hydrogen) atoms. The van der Waals surface area contributed by atoms with Crippen LogP contribution in [0, 0.1) is 12.8 Å². The van der Waals surface area contributed by atoms with E-state index in [2.05, 4.69) is 26.1 Å². The zero-order valence-corrected chi connectivity index (χ0v) is 13.9. The first kappa shape index (κ1) is 15.8. The Morgan fingerprint density at radius 1 is 1.30 bits per heavy atom. The fourth-order valence-electron chi connectivity index (χ4n) is 2.82. The number of hydrogen-bond donors (Lipinski definition) is 1. The van der Waals surface area contributed by atoms with E-state index in [1.54, 1.807) is 0 Å². The highest BCUT2D eigenvalue weighted by Gasteiger charge is 2.22. The van der Waals surface area contributed by atoms with Gasteiger partial charge >= 0.3 is 0 Å². The van der Waals surface area contributed by atoms with Gasteiger partial charge in [-0.05, 0) is 62.9 Å². The molecule has 1 aromatic rings. The normalized spacial score (nSPS) is 18.1. The summed E-state index contributed by atoms with van der Waals surface area (Å²) in [5.74, 6) is 3.95. The molecule has 2 rings (SSSR count). The molecule has 1 heterocycles. The summed E-state index contributed by atoms with van der Waals surface area (Å²) >= 11 is 1.94. The maximum absolute atomic E-state index is 4.81. The van der Waals surface area contributed by atoms with Crippen molar-refractivity contribution >= 4 is 11.8 Å². The lowest BCUT2D eigenvalue weighted by atomic mass is 9.86. The first-order valence-electron chi connectivity index (χ1n) is 7.88. The molecule has 1 atom stereocenters. The van der Waals surface area contributed by atoms with Crippen LogP contribution in [0.1, 0.15) is 49.5 Å². The first-order valence-corrected chi connectivity index (χ1v) is 9.03. The lowest BCUT2D eigenvalue weighted by Gasteiger charge is -2.25. The highest BCUT2D eigenvalue weighted by atomic mass is 32.2. The van der Waals surface area contributed by atoms with Crippen LogP contribution in [0.4, 0.5) is 0 Å². The molecule has 0 radical (unpaired) electrons. The topological polar surface area (TPSA) is 37.8 Å². The third kappa shape index (κ3) is 4.19. The largest absolute Gasteiger partial charge is 0.317 e. The molecule has 0 aromatic carbocycles. The Balaban J connectivity index is 2.03. The number of aromatic nitrogens is 2. The highest BCUT2D eigenvalue weighted by molar-refractivity contribution is 7.98. The molecule has 0 aliphatic heterocycles. The summed E-state index contributed by atoms with van der Waals surface area (Å²) < 4.78 is 0. The number of thioether (sulfide) groups is 1. The number of rotatable bonds is 7. The first-order chi connectivity index (χ1) is 9.74. The second-order valence-electron chi connectivity index (χ2n) is 5.62. The van der Waals surface area contributed by atoms with Crippen LogP contribution in [0.15, 0.2) is 0 Å². The second-order valence-corrected chi connectivity index (χ2v) is 6.72. The van der Waals surface area contributed by atoms with Gasteiger partial charge in [-0.15, -0.1) is 0 Å². The summed E-state index contributed by atoms with van der Waals surface area (Å²) in [6.45, 7) is 8.74. The van der Waals surface area contributed by atoms with Gasteiger partial charge in [-0.25, -0.2) is 9.97 Å². The maximum atomic E-state index is 4.81. The van der Waals surface area contributed by atoms with Gasteiger partial charge in [0.25, 0.3) is 0 Å². The Kier molecular flexibility index (Phi) is 6.30. The van der Waals surface area contributed by atoms with Crippen LogP contribution < -0.4 is 5.32 Å². The van der Waals surface area contributed by atoms with Gasteiger partial charge in [0.2, 0.25) is 0 Å². The molecule has 0 bridgehead atoms. The Hall–Kier alpha value is -0.610. The van der Waals surface area contributed by atoms with E-state index in [-0.39, 0.29) is 0 Å². The highest BCUT2D eigenvalue weighted by Crippen LogP contribution is 2.26. The van der Waals surface area contributed by atoms with E-state index in [1.807, 2.05) is 11.8 Å². The lowest BCUT2D eigenvalue weighted by molar-refractivity contribution is 0.422. The molecule has 1 aliphatic carbocycles. The van der Waals surface area contributed by atoms with Crippen molar-refractivity contribution in [3.63, 3.8) is 0 Å². The van der Waals surface area contributed by atoms with Gasteiger partial charge in [-0.3, -0.25) is 0 Å². The third-order valence-electron chi connectivity index (χ3n) is 3.89. The number of nitrogens with zero attached hydrogens (tertiary/aromatic N) is 2. The van der Waals surface area contributed by atoms with Gasteiger partial charge in [-0.2, -0.15) is 11.8 Å². The van der Waals surface area contributed by atoms with E-state index >= 15 is 0 Å². The molecule has 1 unspecified atom stereocenters. The average molecular weight is 293 g/mol. The van der Waals surface area contributed by atoms with Gasteiger partial charge in [0, 0.05) is 11.4 Å². The number of fused-ring (bicyclic) bond motifs is 1. The SMILES string of the molecule is CCCSCc1nc(C)c2c(n1)CCC(CNCC)C2. The Bertz CT molecular complexity index is 434. The smallest absolute Gasteiger partial charge is 0.138 e. The summed E-state index contributed by atoms with van der Waals surface area (Å²) in [5.41, 5.74) is 3.95. The minimum absolute atomic E-state index is 0.755. The van der Waals surface area contributed by atoms with E-state index < -0.39 is 0 Å². The minimum Gasteiger partial charge on any atom is -0.317 e. The standard InChI is InChI=1S/C16H27N3S/c1-4-8-20-11-16-18-12(3)14-9-13(10-17-5-2)6-7-15(14)19-16/h13,17H,4-11H2,1-3H3. The fraction of sp³-hybridized carbons (Fsp3) is 0.750. The van der Waals surface area contributed by atoms with Crippen molar-refractivity contribution in [2.24, 2.45) is 5.92 Å². The average Bonchev–Trinajstić information content (AvgIpc) is 2.46. The predicted octanol–water partition coefficient (Wildman–Crippen LogP) is 3.14. The van der Waals surface area contributed by atoms with Gasteiger partial charge in [-0.1, -0.05) is 13.8 Å². The summed E-state index contributed by atoms with van der Waals surface area (Å²) in [7, 11) is 0. The van der Waals surface area contributed by atoms with Gasteiger partial charge in [0.05, 0.1) is 5.75 Å². The molecule has 0 saturated carbocycles. The zero-order valence-electron chi connectivity index (χ0n) is 13.0. The van der Waals surface area contributed by atoms with Crippen LogP contribution in [0.25, 0.3) is 0 Å².